The molecule has 0 spiro atoms. The minimum absolute atomic E-state index is 0.313. The van der Waals surface area contributed by atoms with Crippen LogP contribution in [0.1, 0.15) is 36.9 Å². The van der Waals surface area contributed by atoms with E-state index in [9.17, 15) is 0 Å². The molecule has 0 radical (unpaired) electrons. The number of nitrogens with one attached hydrogen (secondary N) is 1. The molecule has 0 saturated carbocycles. The Morgan fingerprint density at radius 2 is 1.96 bits per heavy atom. The summed E-state index contributed by atoms with van der Waals surface area (Å²) >= 11 is 0. The van der Waals surface area contributed by atoms with E-state index in [1.807, 2.05) is 24.4 Å². The number of rotatable bonds is 6. The van der Waals surface area contributed by atoms with E-state index in [0.29, 0.717) is 5.92 Å². The summed E-state index contributed by atoms with van der Waals surface area (Å²) < 4.78 is 5.50. The normalized spacial score (nSPS) is 11.5. The molecule has 5 nitrogen and oxygen atoms in total. The number of oxazole rings is 1. The Morgan fingerprint density at radius 3 is 2.65 bits per heavy atom. The third-order valence-corrected chi connectivity index (χ3v) is 3.72. The molecule has 3 aromatic rings. The van der Waals surface area contributed by atoms with Crippen LogP contribution in [0, 0.1) is 0 Å². The number of hydrogen-bond donors (Lipinski definition) is 1. The lowest BCUT2D eigenvalue weighted by molar-refractivity contribution is 0.315. The Morgan fingerprint density at radius 1 is 1.17 bits per heavy atom. The molecule has 0 bridgehead atoms. The van der Waals surface area contributed by atoms with Gasteiger partial charge in [0.1, 0.15) is 6.26 Å². The summed E-state index contributed by atoms with van der Waals surface area (Å²) in [5.74, 6) is 1.11. The SMILES string of the molecule is CC(C)c1nc(CN(C)Cc2cn[nH]c2-c2ccccc2)co1. The van der Waals surface area contributed by atoms with Gasteiger partial charge < -0.3 is 4.42 Å². The van der Waals surface area contributed by atoms with Crippen molar-refractivity contribution in [2.24, 2.45) is 0 Å². The standard InChI is InChI=1S/C18H22N4O/c1-13(2)18-20-16(12-23-18)11-22(3)10-15-9-19-21-17(15)14-7-5-4-6-8-14/h4-9,12-13H,10-11H2,1-3H3,(H,19,21). The summed E-state index contributed by atoms with van der Waals surface area (Å²) in [4.78, 5) is 6.74. The molecule has 2 aromatic heterocycles. The van der Waals surface area contributed by atoms with Gasteiger partial charge in [-0.2, -0.15) is 5.10 Å². The number of nitrogens with zero attached hydrogens (tertiary/aromatic N) is 3. The number of hydrogen-bond acceptors (Lipinski definition) is 4. The van der Waals surface area contributed by atoms with Gasteiger partial charge in [0.15, 0.2) is 5.89 Å². The molecule has 1 N–H and O–H groups in total. The molecule has 0 aliphatic rings. The summed E-state index contributed by atoms with van der Waals surface area (Å²) in [5.41, 5.74) is 4.35. The van der Waals surface area contributed by atoms with Crippen molar-refractivity contribution in [1.29, 1.82) is 0 Å². The first-order valence-electron chi connectivity index (χ1n) is 7.84. The molecule has 0 amide bonds. The van der Waals surface area contributed by atoms with E-state index in [1.54, 1.807) is 6.26 Å². The molecular formula is C18H22N4O. The summed E-state index contributed by atoms with van der Waals surface area (Å²) in [6.45, 7) is 5.70. The van der Waals surface area contributed by atoms with Gasteiger partial charge in [-0.15, -0.1) is 0 Å². The van der Waals surface area contributed by atoms with E-state index < -0.39 is 0 Å². The van der Waals surface area contributed by atoms with Crippen LogP contribution in [0.25, 0.3) is 11.3 Å². The highest BCUT2D eigenvalue weighted by molar-refractivity contribution is 5.62. The summed E-state index contributed by atoms with van der Waals surface area (Å²) in [6.07, 6.45) is 3.64. The van der Waals surface area contributed by atoms with Crippen LogP contribution in [0.15, 0.2) is 47.2 Å². The zero-order valence-corrected chi connectivity index (χ0v) is 13.8. The monoisotopic (exact) mass is 310 g/mol. The second kappa shape index (κ2) is 6.79. The third kappa shape index (κ3) is 3.68. The van der Waals surface area contributed by atoms with Crippen LogP contribution in [-0.2, 0) is 13.1 Å². The van der Waals surface area contributed by atoms with Crippen molar-refractivity contribution < 1.29 is 4.42 Å². The van der Waals surface area contributed by atoms with Gasteiger partial charge in [-0.3, -0.25) is 10.00 Å². The van der Waals surface area contributed by atoms with Crippen molar-refractivity contribution in [2.45, 2.75) is 32.9 Å². The fourth-order valence-electron chi connectivity index (χ4n) is 2.57. The van der Waals surface area contributed by atoms with E-state index in [0.717, 1.165) is 35.9 Å². The molecular weight excluding hydrogens is 288 g/mol. The number of benzene rings is 1. The molecule has 23 heavy (non-hydrogen) atoms. The van der Waals surface area contributed by atoms with Crippen LogP contribution < -0.4 is 0 Å². The molecule has 0 saturated heterocycles. The fraction of sp³-hybridized carbons (Fsp3) is 0.333. The van der Waals surface area contributed by atoms with Crippen molar-refractivity contribution in [3.05, 3.63) is 59.9 Å². The fourth-order valence-corrected chi connectivity index (χ4v) is 2.57. The van der Waals surface area contributed by atoms with Crippen LogP contribution in [0.3, 0.4) is 0 Å². The minimum atomic E-state index is 0.313. The van der Waals surface area contributed by atoms with Crippen molar-refractivity contribution in [1.82, 2.24) is 20.1 Å². The summed E-state index contributed by atoms with van der Waals surface area (Å²) in [7, 11) is 2.07. The van der Waals surface area contributed by atoms with Gasteiger partial charge in [0.2, 0.25) is 0 Å². The van der Waals surface area contributed by atoms with Gasteiger partial charge in [0.25, 0.3) is 0 Å². The Balaban J connectivity index is 1.69. The summed E-state index contributed by atoms with van der Waals surface area (Å²) in [6, 6.07) is 10.3. The molecule has 120 valence electrons. The van der Waals surface area contributed by atoms with Gasteiger partial charge in [-0.25, -0.2) is 4.98 Å². The Labute approximate surface area is 136 Å². The average molecular weight is 310 g/mol. The molecule has 0 atom stereocenters. The van der Waals surface area contributed by atoms with Gasteiger partial charge in [0, 0.05) is 24.6 Å². The Bertz CT molecular complexity index is 745. The Kier molecular flexibility index (Phi) is 4.57. The minimum Gasteiger partial charge on any atom is -0.448 e. The van der Waals surface area contributed by atoms with Gasteiger partial charge in [-0.05, 0) is 12.6 Å². The van der Waals surface area contributed by atoms with Gasteiger partial charge in [-0.1, -0.05) is 44.2 Å². The van der Waals surface area contributed by atoms with Crippen LogP contribution in [0.2, 0.25) is 0 Å². The lowest BCUT2D eigenvalue weighted by atomic mass is 10.1. The Hall–Kier alpha value is -2.40. The van der Waals surface area contributed by atoms with Crippen LogP contribution in [0.4, 0.5) is 0 Å². The first kappa shape index (κ1) is 15.5. The van der Waals surface area contributed by atoms with E-state index in [1.165, 1.54) is 5.56 Å². The first-order chi connectivity index (χ1) is 11.1. The van der Waals surface area contributed by atoms with Crippen molar-refractivity contribution in [2.75, 3.05) is 7.05 Å². The van der Waals surface area contributed by atoms with Crippen LogP contribution in [-0.4, -0.2) is 27.1 Å². The van der Waals surface area contributed by atoms with Crippen molar-refractivity contribution in [3.63, 3.8) is 0 Å². The van der Waals surface area contributed by atoms with E-state index in [4.69, 9.17) is 4.42 Å². The maximum absolute atomic E-state index is 5.50. The molecule has 2 heterocycles. The van der Waals surface area contributed by atoms with E-state index in [-0.39, 0.29) is 0 Å². The van der Waals surface area contributed by atoms with Crippen molar-refractivity contribution >= 4 is 0 Å². The molecule has 1 aromatic carbocycles. The van der Waals surface area contributed by atoms with Gasteiger partial charge in [0.05, 0.1) is 17.6 Å². The lowest BCUT2D eigenvalue weighted by Gasteiger charge is -2.15. The highest BCUT2D eigenvalue weighted by Crippen LogP contribution is 2.22. The molecule has 3 rings (SSSR count). The molecule has 0 aliphatic heterocycles. The lowest BCUT2D eigenvalue weighted by Crippen LogP contribution is -2.17. The predicted octanol–water partition coefficient (Wildman–Crippen LogP) is 3.82. The number of H-pyrrole nitrogens is 1. The molecule has 0 fully saturated rings. The highest BCUT2D eigenvalue weighted by Gasteiger charge is 2.13. The summed E-state index contributed by atoms with van der Waals surface area (Å²) in [5, 5.41) is 7.30. The quantitative estimate of drug-likeness (QED) is 0.752. The zero-order valence-electron chi connectivity index (χ0n) is 13.8. The largest absolute Gasteiger partial charge is 0.448 e. The van der Waals surface area contributed by atoms with E-state index in [2.05, 4.69) is 53.1 Å². The first-order valence-corrected chi connectivity index (χ1v) is 7.84. The maximum atomic E-state index is 5.50. The molecule has 0 aliphatic carbocycles. The third-order valence-electron chi connectivity index (χ3n) is 3.72. The number of aromatic nitrogens is 3. The molecule has 5 heteroatoms. The average Bonchev–Trinajstić information content (AvgIpc) is 3.17. The van der Waals surface area contributed by atoms with Crippen LogP contribution in [0.5, 0.6) is 0 Å². The zero-order chi connectivity index (χ0) is 16.2. The number of aromatic amines is 1. The maximum Gasteiger partial charge on any atom is 0.196 e. The molecule has 0 unspecified atom stereocenters. The topological polar surface area (TPSA) is 58.0 Å². The highest BCUT2D eigenvalue weighted by atomic mass is 16.3. The van der Waals surface area contributed by atoms with Crippen LogP contribution >= 0.6 is 0 Å². The van der Waals surface area contributed by atoms with Crippen molar-refractivity contribution in [3.8, 4) is 11.3 Å². The predicted molar refractivity (Wildman–Crippen MR) is 89.8 cm³/mol. The second-order valence-corrected chi connectivity index (χ2v) is 6.14. The second-order valence-electron chi connectivity index (χ2n) is 6.14. The van der Waals surface area contributed by atoms with Gasteiger partial charge >= 0.3 is 0 Å². The van der Waals surface area contributed by atoms with E-state index >= 15 is 0 Å². The smallest absolute Gasteiger partial charge is 0.196 e.